The first-order valence-electron chi connectivity index (χ1n) is 7.04. The Kier molecular flexibility index (Phi) is 3.97. The zero-order valence-corrected chi connectivity index (χ0v) is 11.6. The van der Waals surface area contributed by atoms with Crippen LogP contribution in [0, 0.1) is 6.92 Å². The SMILES string of the molecule is Cc1cccc(OCc2nnc(C3CCNCC3)o2)c1. The summed E-state index contributed by atoms with van der Waals surface area (Å²) in [7, 11) is 0. The smallest absolute Gasteiger partial charge is 0.253 e. The van der Waals surface area contributed by atoms with Gasteiger partial charge in [-0.15, -0.1) is 10.2 Å². The molecule has 1 saturated heterocycles. The highest BCUT2D eigenvalue weighted by atomic mass is 16.5. The molecule has 1 aliphatic rings. The number of aryl methyl sites for hydroxylation is 1. The summed E-state index contributed by atoms with van der Waals surface area (Å²) < 4.78 is 11.4. The summed E-state index contributed by atoms with van der Waals surface area (Å²) >= 11 is 0. The maximum absolute atomic E-state index is 5.70. The van der Waals surface area contributed by atoms with E-state index in [9.17, 15) is 0 Å². The van der Waals surface area contributed by atoms with Gasteiger partial charge in [-0.05, 0) is 50.6 Å². The molecule has 0 atom stereocenters. The zero-order valence-electron chi connectivity index (χ0n) is 11.6. The summed E-state index contributed by atoms with van der Waals surface area (Å²) in [5.41, 5.74) is 1.17. The van der Waals surface area contributed by atoms with Crippen LogP contribution < -0.4 is 10.1 Å². The van der Waals surface area contributed by atoms with Gasteiger partial charge in [0.05, 0.1) is 0 Å². The highest BCUT2D eigenvalue weighted by Gasteiger charge is 2.21. The summed E-state index contributed by atoms with van der Waals surface area (Å²) in [6.07, 6.45) is 2.11. The molecular formula is C15H19N3O2. The van der Waals surface area contributed by atoms with E-state index in [0.717, 1.165) is 37.6 Å². The number of ether oxygens (including phenoxy) is 1. The fraction of sp³-hybridized carbons (Fsp3) is 0.467. The van der Waals surface area contributed by atoms with E-state index in [1.165, 1.54) is 5.56 Å². The molecule has 1 N–H and O–H groups in total. The summed E-state index contributed by atoms with van der Waals surface area (Å²) in [5.74, 6) is 2.50. The van der Waals surface area contributed by atoms with Crippen LogP contribution in [-0.2, 0) is 6.61 Å². The van der Waals surface area contributed by atoms with Gasteiger partial charge in [0, 0.05) is 5.92 Å². The number of benzene rings is 1. The maximum Gasteiger partial charge on any atom is 0.253 e. The summed E-state index contributed by atoms with van der Waals surface area (Å²) in [6, 6.07) is 7.93. The number of rotatable bonds is 4. The predicted octanol–water partition coefficient (Wildman–Crippen LogP) is 2.42. The Hall–Kier alpha value is -1.88. The Morgan fingerprint density at radius 2 is 2.15 bits per heavy atom. The summed E-state index contributed by atoms with van der Waals surface area (Å²) in [5, 5.41) is 11.5. The van der Waals surface area contributed by atoms with E-state index >= 15 is 0 Å². The van der Waals surface area contributed by atoms with Gasteiger partial charge < -0.3 is 14.5 Å². The highest BCUT2D eigenvalue weighted by Crippen LogP contribution is 2.24. The third kappa shape index (κ3) is 3.17. The molecule has 20 heavy (non-hydrogen) atoms. The molecule has 1 fully saturated rings. The minimum Gasteiger partial charge on any atom is -0.484 e. The number of piperidine rings is 1. The monoisotopic (exact) mass is 273 g/mol. The predicted molar refractivity (Wildman–Crippen MR) is 74.7 cm³/mol. The normalized spacial score (nSPS) is 16.2. The van der Waals surface area contributed by atoms with Crippen molar-refractivity contribution in [3.8, 4) is 5.75 Å². The van der Waals surface area contributed by atoms with Gasteiger partial charge in [-0.25, -0.2) is 0 Å². The molecule has 0 radical (unpaired) electrons. The average Bonchev–Trinajstić information content (AvgIpc) is 2.95. The van der Waals surface area contributed by atoms with Crippen molar-refractivity contribution < 1.29 is 9.15 Å². The van der Waals surface area contributed by atoms with Gasteiger partial charge in [0.25, 0.3) is 5.89 Å². The van der Waals surface area contributed by atoms with Gasteiger partial charge in [0.2, 0.25) is 5.89 Å². The van der Waals surface area contributed by atoms with Gasteiger partial charge in [-0.1, -0.05) is 12.1 Å². The van der Waals surface area contributed by atoms with Crippen LogP contribution in [0.25, 0.3) is 0 Å². The molecule has 0 unspecified atom stereocenters. The second kappa shape index (κ2) is 6.05. The lowest BCUT2D eigenvalue weighted by molar-refractivity contribution is 0.253. The van der Waals surface area contributed by atoms with E-state index < -0.39 is 0 Å². The van der Waals surface area contributed by atoms with E-state index in [4.69, 9.17) is 9.15 Å². The number of nitrogens with zero attached hydrogens (tertiary/aromatic N) is 2. The van der Waals surface area contributed by atoms with Crippen molar-refractivity contribution in [3.63, 3.8) is 0 Å². The Labute approximate surface area is 118 Å². The number of hydrogen-bond acceptors (Lipinski definition) is 5. The first-order valence-corrected chi connectivity index (χ1v) is 7.04. The summed E-state index contributed by atoms with van der Waals surface area (Å²) in [6.45, 7) is 4.39. The molecule has 1 aromatic heterocycles. The van der Waals surface area contributed by atoms with Crippen LogP contribution in [0.2, 0.25) is 0 Å². The molecule has 106 valence electrons. The van der Waals surface area contributed by atoms with Gasteiger partial charge >= 0.3 is 0 Å². The molecule has 0 bridgehead atoms. The fourth-order valence-corrected chi connectivity index (χ4v) is 2.41. The Bertz CT molecular complexity index is 562. The van der Waals surface area contributed by atoms with E-state index in [1.807, 2.05) is 31.2 Å². The second-order valence-electron chi connectivity index (χ2n) is 5.16. The lowest BCUT2D eigenvalue weighted by Gasteiger charge is -2.18. The van der Waals surface area contributed by atoms with E-state index in [-0.39, 0.29) is 0 Å². The molecule has 0 aliphatic carbocycles. The molecule has 1 aliphatic heterocycles. The molecule has 2 aromatic rings. The van der Waals surface area contributed by atoms with Crippen LogP contribution in [0.15, 0.2) is 28.7 Å². The lowest BCUT2D eigenvalue weighted by Crippen LogP contribution is -2.26. The number of nitrogens with one attached hydrogen (secondary N) is 1. The van der Waals surface area contributed by atoms with Crippen molar-refractivity contribution in [2.24, 2.45) is 0 Å². The third-order valence-electron chi connectivity index (χ3n) is 3.52. The molecule has 5 heteroatoms. The molecular weight excluding hydrogens is 254 g/mol. The quantitative estimate of drug-likeness (QED) is 0.927. The third-order valence-corrected chi connectivity index (χ3v) is 3.52. The van der Waals surface area contributed by atoms with Crippen molar-refractivity contribution in [1.29, 1.82) is 0 Å². The van der Waals surface area contributed by atoms with Crippen molar-refractivity contribution in [1.82, 2.24) is 15.5 Å². The van der Waals surface area contributed by atoms with Crippen LogP contribution in [0.5, 0.6) is 5.75 Å². The first kappa shape index (κ1) is 13.1. The fourth-order valence-electron chi connectivity index (χ4n) is 2.41. The van der Waals surface area contributed by atoms with E-state index in [0.29, 0.717) is 18.4 Å². The van der Waals surface area contributed by atoms with Crippen molar-refractivity contribution in [3.05, 3.63) is 41.6 Å². The van der Waals surface area contributed by atoms with Crippen LogP contribution in [0.3, 0.4) is 0 Å². The van der Waals surface area contributed by atoms with Crippen molar-refractivity contribution >= 4 is 0 Å². The minimum absolute atomic E-state index is 0.321. The molecule has 3 rings (SSSR count). The zero-order chi connectivity index (χ0) is 13.8. The van der Waals surface area contributed by atoms with Gasteiger partial charge in [0.1, 0.15) is 5.75 Å². The molecule has 2 heterocycles. The molecule has 1 aromatic carbocycles. The number of hydrogen-bond donors (Lipinski definition) is 1. The topological polar surface area (TPSA) is 60.2 Å². The van der Waals surface area contributed by atoms with Crippen LogP contribution >= 0.6 is 0 Å². The van der Waals surface area contributed by atoms with Gasteiger partial charge in [-0.2, -0.15) is 0 Å². The largest absolute Gasteiger partial charge is 0.484 e. The molecule has 0 saturated carbocycles. The maximum atomic E-state index is 5.70. The lowest BCUT2D eigenvalue weighted by atomic mass is 9.98. The average molecular weight is 273 g/mol. The Balaban J connectivity index is 1.59. The van der Waals surface area contributed by atoms with Gasteiger partial charge in [0.15, 0.2) is 6.61 Å². The van der Waals surface area contributed by atoms with E-state index in [2.05, 4.69) is 15.5 Å². The molecule has 0 spiro atoms. The van der Waals surface area contributed by atoms with E-state index in [1.54, 1.807) is 0 Å². The Morgan fingerprint density at radius 1 is 1.30 bits per heavy atom. The summed E-state index contributed by atoms with van der Waals surface area (Å²) in [4.78, 5) is 0. The van der Waals surface area contributed by atoms with Crippen LogP contribution in [-0.4, -0.2) is 23.3 Å². The standard InChI is InChI=1S/C15H19N3O2/c1-11-3-2-4-13(9-11)19-10-14-17-18-15(20-14)12-5-7-16-8-6-12/h2-4,9,12,16H,5-8,10H2,1H3. The van der Waals surface area contributed by atoms with Crippen LogP contribution in [0.4, 0.5) is 0 Å². The van der Waals surface area contributed by atoms with Gasteiger partial charge in [-0.3, -0.25) is 0 Å². The highest BCUT2D eigenvalue weighted by molar-refractivity contribution is 5.27. The van der Waals surface area contributed by atoms with Crippen molar-refractivity contribution in [2.75, 3.05) is 13.1 Å². The second-order valence-corrected chi connectivity index (χ2v) is 5.16. The van der Waals surface area contributed by atoms with Crippen LogP contribution in [0.1, 0.15) is 36.1 Å². The number of aromatic nitrogens is 2. The minimum atomic E-state index is 0.321. The molecule has 5 nitrogen and oxygen atoms in total. The molecule has 0 amide bonds. The van der Waals surface area contributed by atoms with Crippen molar-refractivity contribution in [2.45, 2.75) is 32.3 Å². The Morgan fingerprint density at radius 3 is 2.95 bits per heavy atom. The first-order chi connectivity index (χ1) is 9.81.